The van der Waals surface area contributed by atoms with Gasteiger partial charge in [-0.3, -0.25) is 15.1 Å². The Balaban J connectivity index is 2.50. The second kappa shape index (κ2) is 2.02. The number of rotatable bonds is 1. The van der Waals surface area contributed by atoms with Gasteiger partial charge in [0.15, 0.2) is 0 Å². The lowest BCUT2D eigenvalue weighted by molar-refractivity contribution is -0.519. The number of hydrogen-bond donors (Lipinski definition) is 0. The Bertz CT molecular complexity index is 156. The quantitative estimate of drug-likeness (QED) is 0.355. The maximum atomic E-state index is 9.98. The van der Waals surface area contributed by atoms with Gasteiger partial charge in [-0.25, -0.2) is 0 Å². The lowest BCUT2D eigenvalue weighted by Gasteiger charge is -2.04. The van der Waals surface area contributed by atoms with E-state index in [0.29, 0.717) is 0 Å². The van der Waals surface area contributed by atoms with Crippen molar-refractivity contribution in [1.29, 1.82) is 0 Å². The molecule has 0 saturated heterocycles. The first-order valence-electron chi connectivity index (χ1n) is 2.45. The molecule has 0 aromatic heterocycles. The highest BCUT2D eigenvalue weighted by Gasteiger charge is 2.23. The van der Waals surface area contributed by atoms with Crippen molar-refractivity contribution in [2.75, 3.05) is 7.05 Å². The van der Waals surface area contributed by atoms with E-state index < -0.39 is 11.1 Å². The zero-order valence-electron chi connectivity index (χ0n) is 4.89. The standard InChI is InChI=1S/C4H6N3O2/c1-6-3-2-4(5-6)7(8)9/h2-4H,1H3. The Hall–Kier alpha value is -1.10. The van der Waals surface area contributed by atoms with Gasteiger partial charge >= 0.3 is 6.17 Å². The third kappa shape index (κ3) is 1.17. The van der Waals surface area contributed by atoms with Crippen molar-refractivity contribution in [3.8, 4) is 0 Å². The Kier molecular flexibility index (Phi) is 1.35. The lowest BCUT2D eigenvalue weighted by atomic mass is 10.5. The fourth-order valence-corrected chi connectivity index (χ4v) is 0.578. The molecular formula is C4H6N3O2. The van der Waals surface area contributed by atoms with Gasteiger partial charge in [0.1, 0.15) is 0 Å². The SMILES string of the molecule is CN1C=CC([N+](=O)[O-])[N]1. The molecule has 49 valence electrons. The molecule has 5 heteroatoms. The molecule has 1 rings (SSSR count). The first-order chi connectivity index (χ1) is 4.20. The molecule has 1 atom stereocenters. The predicted molar refractivity (Wildman–Crippen MR) is 29.8 cm³/mol. The normalized spacial score (nSPS) is 25.0. The molecular weight excluding hydrogens is 122 g/mol. The van der Waals surface area contributed by atoms with Gasteiger partial charge in [0.25, 0.3) is 0 Å². The van der Waals surface area contributed by atoms with Gasteiger partial charge < -0.3 is 0 Å². The molecule has 0 fully saturated rings. The average Bonchev–Trinajstić information content (AvgIpc) is 2.14. The number of hydrogen-bond acceptors (Lipinski definition) is 3. The highest BCUT2D eigenvalue weighted by atomic mass is 16.6. The van der Waals surface area contributed by atoms with E-state index in [4.69, 9.17) is 0 Å². The van der Waals surface area contributed by atoms with Crippen molar-refractivity contribution >= 4 is 0 Å². The molecule has 1 unspecified atom stereocenters. The van der Waals surface area contributed by atoms with Gasteiger partial charge in [-0.2, -0.15) is 0 Å². The van der Waals surface area contributed by atoms with Crippen molar-refractivity contribution in [1.82, 2.24) is 10.4 Å². The van der Waals surface area contributed by atoms with Crippen LogP contribution in [0.5, 0.6) is 0 Å². The van der Waals surface area contributed by atoms with Crippen molar-refractivity contribution in [3.05, 3.63) is 22.4 Å². The van der Waals surface area contributed by atoms with Gasteiger partial charge in [-0.05, 0) is 0 Å². The van der Waals surface area contributed by atoms with Crippen LogP contribution in [0.3, 0.4) is 0 Å². The summed E-state index contributed by atoms with van der Waals surface area (Å²) in [7, 11) is 1.65. The predicted octanol–water partition coefficient (Wildman–Crippen LogP) is -0.432. The van der Waals surface area contributed by atoms with E-state index in [1.165, 1.54) is 11.1 Å². The molecule has 0 aromatic carbocycles. The minimum Gasteiger partial charge on any atom is -0.295 e. The van der Waals surface area contributed by atoms with Crippen molar-refractivity contribution in [2.45, 2.75) is 6.17 Å². The van der Waals surface area contributed by atoms with E-state index in [2.05, 4.69) is 5.43 Å². The van der Waals surface area contributed by atoms with Crippen LogP contribution in [-0.4, -0.2) is 23.1 Å². The number of nitrogens with zero attached hydrogens (tertiary/aromatic N) is 3. The van der Waals surface area contributed by atoms with Crippen LogP contribution in [0, 0.1) is 10.1 Å². The second-order valence-electron chi connectivity index (χ2n) is 1.73. The van der Waals surface area contributed by atoms with Crippen LogP contribution in [-0.2, 0) is 0 Å². The van der Waals surface area contributed by atoms with Crippen molar-refractivity contribution < 1.29 is 4.92 Å². The fraction of sp³-hybridized carbons (Fsp3) is 0.500. The van der Waals surface area contributed by atoms with Crippen LogP contribution in [0.2, 0.25) is 0 Å². The van der Waals surface area contributed by atoms with E-state index in [-0.39, 0.29) is 0 Å². The molecule has 0 bridgehead atoms. The molecule has 5 nitrogen and oxygen atoms in total. The van der Waals surface area contributed by atoms with Crippen LogP contribution in [0.1, 0.15) is 0 Å². The Morgan fingerprint density at radius 1 is 1.89 bits per heavy atom. The largest absolute Gasteiger partial charge is 0.319 e. The van der Waals surface area contributed by atoms with Crippen LogP contribution in [0.25, 0.3) is 0 Å². The summed E-state index contributed by atoms with van der Waals surface area (Å²) in [5.74, 6) is 0. The van der Waals surface area contributed by atoms with Gasteiger partial charge in [0.05, 0.1) is 0 Å². The molecule has 0 saturated carbocycles. The highest BCUT2D eigenvalue weighted by molar-refractivity contribution is 4.91. The summed E-state index contributed by atoms with van der Waals surface area (Å²) in [6, 6.07) is 0. The van der Waals surface area contributed by atoms with E-state index in [9.17, 15) is 10.1 Å². The van der Waals surface area contributed by atoms with Gasteiger partial charge in [-0.15, -0.1) is 0 Å². The summed E-state index contributed by atoms with van der Waals surface area (Å²) in [5, 5.41) is 11.4. The van der Waals surface area contributed by atoms with Crippen molar-refractivity contribution in [3.63, 3.8) is 0 Å². The monoisotopic (exact) mass is 128 g/mol. The zero-order chi connectivity index (χ0) is 6.85. The van der Waals surface area contributed by atoms with E-state index >= 15 is 0 Å². The summed E-state index contributed by atoms with van der Waals surface area (Å²) in [4.78, 5) is 9.54. The minimum absolute atomic E-state index is 0.444. The molecule has 1 radical (unpaired) electrons. The maximum Gasteiger partial charge on any atom is 0.319 e. The third-order valence-corrected chi connectivity index (χ3v) is 0.990. The molecule has 1 aliphatic rings. The molecule has 1 aliphatic heterocycles. The Morgan fingerprint density at radius 2 is 2.56 bits per heavy atom. The van der Waals surface area contributed by atoms with Gasteiger partial charge in [-0.1, -0.05) is 5.43 Å². The lowest BCUT2D eigenvalue weighted by Crippen LogP contribution is -2.30. The number of nitro groups is 1. The first-order valence-corrected chi connectivity index (χ1v) is 2.45. The average molecular weight is 128 g/mol. The van der Waals surface area contributed by atoms with E-state index in [1.807, 2.05) is 0 Å². The van der Waals surface area contributed by atoms with Crippen molar-refractivity contribution in [2.24, 2.45) is 0 Å². The molecule has 9 heavy (non-hydrogen) atoms. The molecule has 0 aromatic rings. The summed E-state index contributed by atoms with van der Waals surface area (Å²) < 4.78 is 0. The Labute approximate surface area is 52.1 Å². The smallest absolute Gasteiger partial charge is 0.295 e. The van der Waals surface area contributed by atoms with Gasteiger partial charge in [0.2, 0.25) is 0 Å². The van der Waals surface area contributed by atoms with Crippen LogP contribution in [0.4, 0.5) is 0 Å². The minimum atomic E-state index is -0.866. The van der Waals surface area contributed by atoms with Gasteiger partial charge in [0, 0.05) is 24.2 Å². The molecule has 0 N–H and O–H groups in total. The summed E-state index contributed by atoms with van der Waals surface area (Å²) in [6.45, 7) is 0. The highest BCUT2D eigenvalue weighted by Crippen LogP contribution is 2.00. The van der Waals surface area contributed by atoms with E-state index in [0.717, 1.165) is 0 Å². The third-order valence-electron chi connectivity index (χ3n) is 0.990. The molecule has 0 spiro atoms. The van der Waals surface area contributed by atoms with Crippen LogP contribution in [0.15, 0.2) is 12.3 Å². The van der Waals surface area contributed by atoms with Crippen LogP contribution < -0.4 is 5.43 Å². The topological polar surface area (TPSA) is 60.5 Å². The Morgan fingerprint density at radius 3 is 2.78 bits per heavy atom. The molecule has 0 aliphatic carbocycles. The summed E-state index contributed by atoms with van der Waals surface area (Å²) >= 11 is 0. The summed E-state index contributed by atoms with van der Waals surface area (Å²) in [5.41, 5.74) is 3.61. The first kappa shape index (κ1) is 6.03. The molecule has 1 heterocycles. The summed E-state index contributed by atoms with van der Waals surface area (Å²) in [6.07, 6.45) is 2.13. The zero-order valence-corrected chi connectivity index (χ0v) is 4.89. The second-order valence-corrected chi connectivity index (χ2v) is 1.73. The van der Waals surface area contributed by atoms with Crippen LogP contribution >= 0.6 is 0 Å². The molecule has 0 amide bonds. The maximum absolute atomic E-state index is 9.98. The van der Waals surface area contributed by atoms with E-state index in [1.54, 1.807) is 13.2 Å². The fourth-order valence-electron chi connectivity index (χ4n) is 0.578.